The van der Waals surface area contributed by atoms with Gasteiger partial charge in [0.25, 0.3) is 0 Å². The van der Waals surface area contributed by atoms with E-state index in [1.54, 1.807) is 0 Å². The molecule has 17 heavy (non-hydrogen) atoms. The van der Waals surface area contributed by atoms with Gasteiger partial charge in [-0.05, 0) is 47.4 Å². The van der Waals surface area contributed by atoms with Crippen LogP contribution in [-0.4, -0.2) is 29.1 Å². The summed E-state index contributed by atoms with van der Waals surface area (Å²) in [6.07, 6.45) is 6.20. The van der Waals surface area contributed by atoms with Gasteiger partial charge in [-0.2, -0.15) is 0 Å². The molecule has 2 N–H and O–H groups in total. The van der Waals surface area contributed by atoms with E-state index in [-0.39, 0.29) is 0 Å². The maximum Gasteiger partial charge on any atom is 0.222 e. The topological polar surface area (TPSA) is 49.8 Å². The first-order valence-corrected chi connectivity index (χ1v) is 7.10. The Morgan fingerprint density at radius 1 is 1.47 bits per heavy atom. The standard InChI is InChI=1S/C12H19IN4/c1-12(2)4-3-5-14-10(12)8-17-11-15-6-9(13)7-16-11/h6-7,10,14H,3-5,8H2,1-2H3,(H,15,16,17). The van der Waals surface area contributed by atoms with E-state index in [1.165, 1.54) is 12.8 Å². The van der Waals surface area contributed by atoms with Crippen molar-refractivity contribution >= 4 is 28.5 Å². The minimum atomic E-state index is 0.342. The summed E-state index contributed by atoms with van der Waals surface area (Å²) < 4.78 is 1.06. The van der Waals surface area contributed by atoms with Gasteiger partial charge in [-0.3, -0.25) is 0 Å². The molecular weight excluding hydrogens is 327 g/mol. The molecule has 1 aliphatic rings. The molecule has 0 radical (unpaired) electrons. The van der Waals surface area contributed by atoms with Crippen LogP contribution >= 0.6 is 22.6 Å². The van der Waals surface area contributed by atoms with E-state index in [0.29, 0.717) is 17.4 Å². The zero-order chi connectivity index (χ0) is 12.3. The average Bonchev–Trinajstić information content (AvgIpc) is 2.29. The van der Waals surface area contributed by atoms with Crippen molar-refractivity contribution in [3.8, 4) is 0 Å². The smallest absolute Gasteiger partial charge is 0.222 e. The van der Waals surface area contributed by atoms with Crippen molar-refractivity contribution in [3.05, 3.63) is 16.0 Å². The van der Waals surface area contributed by atoms with Crippen LogP contribution in [0.2, 0.25) is 0 Å². The highest BCUT2D eigenvalue weighted by Crippen LogP contribution is 2.29. The van der Waals surface area contributed by atoms with E-state index in [9.17, 15) is 0 Å². The van der Waals surface area contributed by atoms with Gasteiger partial charge in [0.15, 0.2) is 0 Å². The molecule has 0 aliphatic carbocycles. The Balaban J connectivity index is 1.91. The lowest BCUT2D eigenvalue weighted by Gasteiger charge is -2.39. The summed E-state index contributed by atoms with van der Waals surface area (Å²) in [5.41, 5.74) is 0.342. The number of anilines is 1. The van der Waals surface area contributed by atoms with Crippen molar-refractivity contribution < 1.29 is 0 Å². The van der Waals surface area contributed by atoms with Crippen LogP contribution in [0.25, 0.3) is 0 Å². The van der Waals surface area contributed by atoms with Gasteiger partial charge in [-0.25, -0.2) is 9.97 Å². The molecule has 1 saturated heterocycles. The molecule has 1 aliphatic heterocycles. The van der Waals surface area contributed by atoms with E-state index in [1.807, 2.05) is 12.4 Å². The number of aromatic nitrogens is 2. The van der Waals surface area contributed by atoms with E-state index in [0.717, 1.165) is 16.7 Å². The number of hydrogen-bond acceptors (Lipinski definition) is 4. The highest BCUT2D eigenvalue weighted by Gasteiger charge is 2.31. The Hall–Kier alpha value is -0.430. The fourth-order valence-corrected chi connectivity index (χ4v) is 2.49. The molecule has 1 fully saturated rings. The molecule has 5 heteroatoms. The van der Waals surface area contributed by atoms with Gasteiger partial charge in [-0.1, -0.05) is 13.8 Å². The average molecular weight is 346 g/mol. The zero-order valence-electron chi connectivity index (χ0n) is 10.3. The summed E-state index contributed by atoms with van der Waals surface area (Å²) in [6, 6.07) is 0.485. The Labute approximate surface area is 116 Å². The SMILES string of the molecule is CC1(C)CCCNC1CNc1ncc(I)cn1. The van der Waals surface area contributed by atoms with Crippen LogP contribution in [-0.2, 0) is 0 Å². The maximum atomic E-state index is 4.25. The van der Waals surface area contributed by atoms with Crippen LogP contribution in [0, 0.1) is 8.99 Å². The third-order valence-corrected chi connectivity index (χ3v) is 3.97. The lowest BCUT2D eigenvalue weighted by molar-refractivity contribution is 0.188. The molecular formula is C12H19IN4. The predicted octanol–water partition coefficient (Wildman–Crippen LogP) is 2.27. The first-order valence-electron chi connectivity index (χ1n) is 6.03. The first kappa shape index (κ1) is 13.0. The van der Waals surface area contributed by atoms with Gasteiger partial charge in [0.1, 0.15) is 0 Å². The van der Waals surface area contributed by atoms with Crippen LogP contribution in [0.15, 0.2) is 12.4 Å². The van der Waals surface area contributed by atoms with Crippen molar-refractivity contribution in [2.45, 2.75) is 32.7 Å². The summed E-state index contributed by atoms with van der Waals surface area (Å²) in [5, 5.41) is 6.88. The number of halogens is 1. The molecule has 1 atom stereocenters. The van der Waals surface area contributed by atoms with Gasteiger partial charge in [0.05, 0.1) is 0 Å². The quantitative estimate of drug-likeness (QED) is 0.825. The second-order valence-electron chi connectivity index (χ2n) is 5.20. The molecule has 0 saturated carbocycles. The van der Waals surface area contributed by atoms with Crippen LogP contribution in [0.5, 0.6) is 0 Å². The van der Waals surface area contributed by atoms with Crippen molar-refractivity contribution in [2.24, 2.45) is 5.41 Å². The Morgan fingerprint density at radius 3 is 2.82 bits per heavy atom. The highest BCUT2D eigenvalue weighted by atomic mass is 127. The molecule has 0 aromatic carbocycles. The van der Waals surface area contributed by atoms with E-state index < -0.39 is 0 Å². The van der Waals surface area contributed by atoms with Crippen molar-refractivity contribution in [2.75, 3.05) is 18.4 Å². The molecule has 2 heterocycles. The minimum absolute atomic E-state index is 0.342. The number of hydrogen-bond donors (Lipinski definition) is 2. The first-order chi connectivity index (χ1) is 8.08. The van der Waals surface area contributed by atoms with Crippen LogP contribution in [0.3, 0.4) is 0 Å². The van der Waals surface area contributed by atoms with Crippen LogP contribution in [0.1, 0.15) is 26.7 Å². The third kappa shape index (κ3) is 3.51. The monoisotopic (exact) mass is 346 g/mol. The van der Waals surface area contributed by atoms with E-state index >= 15 is 0 Å². The molecule has 2 rings (SSSR count). The van der Waals surface area contributed by atoms with Crippen LogP contribution in [0.4, 0.5) is 5.95 Å². The van der Waals surface area contributed by atoms with Gasteiger partial charge in [0, 0.05) is 28.6 Å². The largest absolute Gasteiger partial charge is 0.353 e. The fourth-order valence-electron chi connectivity index (χ4n) is 2.22. The molecule has 1 aromatic rings. The summed E-state index contributed by atoms with van der Waals surface area (Å²) in [6.45, 7) is 6.64. The predicted molar refractivity (Wildman–Crippen MR) is 78.0 cm³/mol. The Morgan fingerprint density at radius 2 is 2.18 bits per heavy atom. The highest BCUT2D eigenvalue weighted by molar-refractivity contribution is 14.1. The normalized spacial score (nSPS) is 23.4. The molecule has 4 nitrogen and oxygen atoms in total. The zero-order valence-corrected chi connectivity index (χ0v) is 12.5. The Bertz CT molecular complexity index is 363. The molecule has 1 aromatic heterocycles. The van der Waals surface area contributed by atoms with Gasteiger partial charge in [-0.15, -0.1) is 0 Å². The fraction of sp³-hybridized carbons (Fsp3) is 0.667. The third-order valence-electron chi connectivity index (χ3n) is 3.42. The number of rotatable bonds is 3. The second-order valence-corrected chi connectivity index (χ2v) is 6.45. The molecule has 0 spiro atoms. The number of nitrogens with zero attached hydrogens (tertiary/aromatic N) is 2. The molecule has 94 valence electrons. The maximum absolute atomic E-state index is 4.25. The molecule has 0 bridgehead atoms. The lowest BCUT2D eigenvalue weighted by Crippen LogP contribution is -2.50. The van der Waals surface area contributed by atoms with Gasteiger partial charge < -0.3 is 10.6 Å². The molecule has 0 amide bonds. The number of nitrogens with one attached hydrogen (secondary N) is 2. The molecule has 1 unspecified atom stereocenters. The summed E-state index contributed by atoms with van der Waals surface area (Å²) in [7, 11) is 0. The Kier molecular flexibility index (Phi) is 4.19. The summed E-state index contributed by atoms with van der Waals surface area (Å²) in [4.78, 5) is 8.51. The van der Waals surface area contributed by atoms with Crippen molar-refractivity contribution in [1.82, 2.24) is 15.3 Å². The number of piperidine rings is 1. The van der Waals surface area contributed by atoms with Gasteiger partial charge in [0.2, 0.25) is 5.95 Å². The van der Waals surface area contributed by atoms with E-state index in [4.69, 9.17) is 0 Å². The minimum Gasteiger partial charge on any atom is -0.353 e. The second kappa shape index (κ2) is 5.48. The lowest BCUT2D eigenvalue weighted by atomic mass is 9.77. The van der Waals surface area contributed by atoms with E-state index in [2.05, 4.69) is 57.0 Å². The van der Waals surface area contributed by atoms with Crippen LogP contribution < -0.4 is 10.6 Å². The van der Waals surface area contributed by atoms with Crippen molar-refractivity contribution in [3.63, 3.8) is 0 Å². The summed E-state index contributed by atoms with van der Waals surface area (Å²) in [5.74, 6) is 0.716. The summed E-state index contributed by atoms with van der Waals surface area (Å²) >= 11 is 2.21. The van der Waals surface area contributed by atoms with Crippen molar-refractivity contribution in [1.29, 1.82) is 0 Å². The van der Waals surface area contributed by atoms with Gasteiger partial charge >= 0.3 is 0 Å².